The summed E-state index contributed by atoms with van der Waals surface area (Å²) < 4.78 is 0. The number of nitrogens with one attached hydrogen (secondary N) is 1. The summed E-state index contributed by atoms with van der Waals surface area (Å²) >= 11 is 0. The van der Waals surface area contributed by atoms with Crippen LogP contribution in [0.4, 0.5) is 0 Å². The summed E-state index contributed by atoms with van der Waals surface area (Å²) in [6, 6.07) is 0. The quantitative estimate of drug-likeness (QED) is 0.796. The molecule has 94 valence electrons. The first-order chi connectivity index (χ1) is 7.44. The fourth-order valence-electron chi connectivity index (χ4n) is 2.60. The molecule has 2 atom stereocenters. The molecule has 1 rings (SSSR count). The number of Topliss-reactive ketones (excluding diaryl/α,β-unsaturated/α-hetero) is 1. The third-order valence-corrected chi connectivity index (χ3v) is 3.64. The first-order valence-corrected chi connectivity index (χ1v) is 6.72. The smallest absolute Gasteiger partial charge is 0.149 e. The molecule has 0 bridgehead atoms. The van der Waals surface area contributed by atoms with E-state index in [1.54, 1.807) is 0 Å². The maximum absolute atomic E-state index is 12.2. The number of ketones is 1. The van der Waals surface area contributed by atoms with Crippen LogP contribution >= 0.6 is 0 Å². The van der Waals surface area contributed by atoms with E-state index < -0.39 is 0 Å². The predicted molar refractivity (Wildman–Crippen MR) is 68.5 cm³/mol. The molecular weight excluding hydrogens is 198 g/mol. The summed E-state index contributed by atoms with van der Waals surface area (Å²) in [5.74, 6) is 1.40. The third kappa shape index (κ3) is 4.25. The van der Waals surface area contributed by atoms with Crippen LogP contribution in [0.1, 0.15) is 59.8 Å². The van der Waals surface area contributed by atoms with E-state index in [1.807, 2.05) is 0 Å². The van der Waals surface area contributed by atoms with Crippen LogP contribution in [0.2, 0.25) is 0 Å². The molecule has 0 spiro atoms. The number of rotatable bonds is 4. The zero-order chi connectivity index (χ0) is 12.2. The number of carbonyl (C=O) groups is 1. The number of carbonyl (C=O) groups excluding carboxylic acids is 1. The van der Waals surface area contributed by atoms with Crippen molar-refractivity contribution in [1.82, 2.24) is 5.32 Å². The largest absolute Gasteiger partial charge is 0.305 e. The number of hydrogen-bond acceptors (Lipinski definition) is 2. The van der Waals surface area contributed by atoms with Gasteiger partial charge in [-0.15, -0.1) is 0 Å². The normalized spacial score (nSPS) is 26.8. The first kappa shape index (κ1) is 13.7. The Morgan fingerprint density at radius 3 is 2.44 bits per heavy atom. The van der Waals surface area contributed by atoms with Crippen LogP contribution < -0.4 is 5.32 Å². The topological polar surface area (TPSA) is 29.1 Å². The molecule has 0 radical (unpaired) electrons. The predicted octanol–water partition coefficient (Wildman–Crippen LogP) is 3.16. The SMILES string of the molecule is CCC1CCCCC1C(=O)CNC(C)(C)C. The van der Waals surface area contributed by atoms with Gasteiger partial charge in [0.15, 0.2) is 0 Å². The van der Waals surface area contributed by atoms with Crippen molar-refractivity contribution in [2.75, 3.05) is 6.54 Å². The molecule has 1 N–H and O–H groups in total. The van der Waals surface area contributed by atoms with E-state index >= 15 is 0 Å². The minimum absolute atomic E-state index is 0.0477. The Labute approximate surface area is 100 Å². The van der Waals surface area contributed by atoms with Gasteiger partial charge in [-0.2, -0.15) is 0 Å². The Bertz CT molecular complexity index is 229. The fraction of sp³-hybridized carbons (Fsp3) is 0.929. The summed E-state index contributed by atoms with van der Waals surface area (Å²) in [6.07, 6.45) is 6.08. The van der Waals surface area contributed by atoms with E-state index in [0.29, 0.717) is 24.2 Å². The van der Waals surface area contributed by atoms with Crippen molar-refractivity contribution in [3.8, 4) is 0 Å². The summed E-state index contributed by atoms with van der Waals surface area (Å²) in [5.41, 5.74) is 0.0477. The Morgan fingerprint density at radius 2 is 1.88 bits per heavy atom. The fourth-order valence-corrected chi connectivity index (χ4v) is 2.60. The monoisotopic (exact) mass is 225 g/mol. The number of hydrogen-bond donors (Lipinski definition) is 1. The van der Waals surface area contributed by atoms with Gasteiger partial charge in [-0.05, 0) is 39.5 Å². The van der Waals surface area contributed by atoms with Crippen LogP contribution in [-0.4, -0.2) is 17.9 Å². The van der Waals surface area contributed by atoms with E-state index in [2.05, 4.69) is 33.0 Å². The van der Waals surface area contributed by atoms with E-state index in [1.165, 1.54) is 19.3 Å². The minimum atomic E-state index is 0.0477. The van der Waals surface area contributed by atoms with Crippen LogP contribution in [0.25, 0.3) is 0 Å². The van der Waals surface area contributed by atoms with Crippen LogP contribution in [0.5, 0.6) is 0 Å². The summed E-state index contributed by atoms with van der Waals surface area (Å²) in [4.78, 5) is 12.2. The molecule has 16 heavy (non-hydrogen) atoms. The van der Waals surface area contributed by atoms with Crippen molar-refractivity contribution in [1.29, 1.82) is 0 Å². The van der Waals surface area contributed by atoms with Gasteiger partial charge in [-0.3, -0.25) is 4.79 Å². The zero-order valence-electron chi connectivity index (χ0n) is 11.3. The standard InChI is InChI=1S/C14H27NO/c1-5-11-8-6-7-9-12(11)13(16)10-15-14(2,3)4/h11-12,15H,5-10H2,1-4H3. The molecule has 0 aromatic heterocycles. The minimum Gasteiger partial charge on any atom is -0.305 e. The van der Waals surface area contributed by atoms with Gasteiger partial charge >= 0.3 is 0 Å². The molecule has 2 unspecified atom stereocenters. The first-order valence-electron chi connectivity index (χ1n) is 6.72. The molecule has 0 aromatic carbocycles. The van der Waals surface area contributed by atoms with Crippen LogP contribution in [0.3, 0.4) is 0 Å². The Balaban J connectivity index is 2.45. The Morgan fingerprint density at radius 1 is 1.25 bits per heavy atom. The van der Waals surface area contributed by atoms with Gasteiger partial charge in [-0.1, -0.05) is 26.2 Å². The van der Waals surface area contributed by atoms with Crippen LogP contribution in [-0.2, 0) is 4.79 Å². The van der Waals surface area contributed by atoms with E-state index in [-0.39, 0.29) is 5.54 Å². The summed E-state index contributed by atoms with van der Waals surface area (Å²) in [7, 11) is 0. The van der Waals surface area contributed by atoms with Gasteiger partial charge in [0.1, 0.15) is 5.78 Å². The highest BCUT2D eigenvalue weighted by Gasteiger charge is 2.29. The third-order valence-electron chi connectivity index (χ3n) is 3.64. The highest BCUT2D eigenvalue weighted by Crippen LogP contribution is 2.32. The lowest BCUT2D eigenvalue weighted by atomic mass is 9.75. The molecule has 1 fully saturated rings. The average molecular weight is 225 g/mol. The summed E-state index contributed by atoms with van der Waals surface area (Å²) in [6.45, 7) is 9.09. The van der Waals surface area contributed by atoms with Crippen molar-refractivity contribution in [2.45, 2.75) is 65.3 Å². The second kappa shape index (κ2) is 5.81. The zero-order valence-corrected chi connectivity index (χ0v) is 11.3. The molecule has 0 saturated heterocycles. The van der Waals surface area contributed by atoms with Gasteiger partial charge in [-0.25, -0.2) is 0 Å². The summed E-state index contributed by atoms with van der Waals surface area (Å²) in [5, 5.41) is 3.31. The maximum atomic E-state index is 12.2. The average Bonchev–Trinajstić information content (AvgIpc) is 2.25. The molecule has 0 heterocycles. The maximum Gasteiger partial charge on any atom is 0.149 e. The Hall–Kier alpha value is -0.370. The molecule has 0 aromatic rings. The molecule has 0 aliphatic heterocycles. The van der Waals surface area contributed by atoms with Crippen molar-refractivity contribution in [3.05, 3.63) is 0 Å². The molecule has 1 aliphatic carbocycles. The van der Waals surface area contributed by atoms with E-state index in [9.17, 15) is 4.79 Å². The lowest BCUT2D eigenvalue weighted by Gasteiger charge is -2.31. The molecule has 0 amide bonds. The second-order valence-corrected chi connectivity index (χ2v) is 6.13. The van der Waals surface area contributed by atoms with E-state index in [4.69, 9.17) is 0 Å². The van der Waals surface area contributed by atoms with Crippen LogP contribution in [0.15, 0.2) is 0 Å². The van der Waals surface area contributed by atoms with Crippen molar-refractivity contribution >= 4 is 5.78 Å². The van der Waals surface area contributed by atoms with Crippen molar-refractivity contribution < 1.29 is 4.79 Å². The van der Waals surface area contributed by atoms with Gasteiger partial charge in [0.05, 0.1) is 6.54 Å². The lowest BCUT2D eigenvalue weighted by Crippen LogP contribution is -2.42. The highest BCUT2D eigenvalue weighted by molar-refractivity contribution is 5.83. The second-order valence-electron chi connectivity index (χ2n) is 6.13. The lowest BCUT2D eigenvalue weighted by molar-refractivity contribution is -0.125. The van der Waals surface area contributed by atoms with Gasteiger partial charge in [0.25, 0.3) is 0 Å². The van der Waals surface area contributed by atoms with E-state index in [0.717, 1.165) is 12.8 Å². The van der Waals surface area contributed by atoms with Crippen molar-refractivity contribution in [3.63, 3.8) is 0 Å². The van der Waals surface area contributed by atoms with Gasteiger partial charge < -0.3 is 5.32 Å². The molecule has 1 aliphatic rings. The van der Waals surface area contributed by atoms with Gasteiger partial charge in [0.2, 0.25) is 0 Å². The molecule has 1 saturated carbocycles. The van der Waals surface area contributed by atoms with Gasteiger partial charge in [0, 0.05) is 11.5 Å². The molecular formula is C14H27NO. The van der Waals surface area contributed by atoms with Crippen LogP contribution in [0, 0.1) is 11.8 Å². The highest BCUT2D eigenvalue weighted by atomic mass is 16.1. The Kier molecular flexibility index (Phi) is 4.97. The van der Waals surface area contributed by atoms with Crippen molar-refractivity contribution in [2.24, 2.45) is 11.8 Å². The molecule has 2 nitrogen and oxygen atoms in total. The molecule has 2 heteroatoms.